The van der Waals surface area contributed by atoms with Crippen LogP contribution in [0.15, 0.2) is 0 Å². The fourth-order valence-electron chi connectivity index (χ4n) is 5.51. The summed E-state index contributed by atoms with van der Waals surface area (Å²) in [6.45, 7) is 8.82. The number of cyclic esters (lactones) is 2. The molecule has 5 unspecified atom stereocenters. The lowest BCUT2D eigenvalue weighted by molar-refractivity contribution is -0.154. The molecule has 1 aliphatic heterocycles. The van der Waals surface area contributed by atoms with E-state index in [1.54, 1.807) is 0 Å². The molecule has 2 aliphatic carbocycles. The molecule has 0 spiro atoms. The van der Waals surface area contributed by atoms with Crippen molar-refractivity contribution in [1.82, 2.24) is 0 Å². The molecule has 4 heteroatoms. The summed E-state index contributed by atoms with van der Waals surface area (Å²) in [6, 6.07) is 0. The molecule has 22 heavy (non-hydrogen) atoms. The first-order valence-electron chi connectivity index (χ1n) is 8.64. The molecule has 0 bridgehead atoms. The number of rotatable bonds is 5. The van der Waals surface area contributed by atoms with Gasteiger partial charge in [-0.05, 0) is 54.3 Å². The quantitative estimate of drug-likeness (QED) is 0.626. The normalized spacial score (nSPS) is 43.2. The van der Waals surface area contributed by atoms with Crippen LogP contribution in [0.1, 0.15) is 47.0 Å². The van der Waals surface area contributed by atoms with Gasteiger partial charge in [-0.1, -0.05) is 27.7 Å². The van der Waals surface area contributed by atoms with Gasteiger partial charge in [0.2, 0.25) is 0 Å². The average Bonchev–Trinajstić information content (AvgIpc) is 3.05. The Labute approximate surface area is 132 Å². The van der Waals surface area contributed by atoms with Crippen molar-refractivity contribution in [1.29, 1.82) is 0 Å². The number of hydrogen-bond donors (Lipinski definition) is 1. The molecule has 0 amide bonds. The average molecular weight is 308 g/mol. The predicted octanol–water partition coefficient (Wildman–Crippen LogP) is 2.64. The molecule has 0 aromatic heterocycles. The molecule has 3 aliphatic rings. The first-order chi connectivity index (χ1) is 10.3. The minimum absolute atomic E-state index is 0.146. The van der Waals surface area contributed by atoms with Crippen LogP contribution in [-0.4, -0.2) is 23.7 Å². The molecule has 1 N–H and O–H groups in total. The maximum absolute atomic E-state index is 12.1. The molecule has 0 aromatic carbocycles. The number of aliphatic hydroxyl groups excluding tert-OH is 1. The third-order valence-electron chi connectivity index (χ3n) is 6.36. The third-order valence-corrected chi connectivity index (χ3v) is 6.36. The molecule has 6 atom stereocenters. The zero-order valence-corrected chi connectivity index (χ0v) is 14.0. The number of esters is 2. The van der Waals surface area contributed by atoms with Crippen LogP contribution in [0, 0.1) is 46.8 Å². The van der Waals surface area contributed by atoms with Crippen molar-refractivity contribution in [3.05, 3.63) is 0 Å². The summed E-state index contributed by atoms with van der Waals surface area (Å²) in [5.74, 6) is 0.990. The van der Waals surface area contributed by atoms with E-state index in [2.05, 4.69) is 13.8 Å². The highest BCUT2D eigenvalue weighted by Crippen LogP contribution is 2.66. The van der Waals surface area contributed by atoms with Gasteiger partial charge in [0.05, 0.1) is 11.8 Å². The summed E-state index contributed by atoms with van der Waals surface area (Å²) < 4.78 is 4.94. The van der Waals surface area contributed by atoms with E-state index in [4.69, 9.17) is 4.74 Å². The topological polar surface area (TPSA) is 63.6 Å². The molecule has 3 fully saturated rings. The van der Waals surface area contributed by atoms with E-state index in [0.29, 0.717) is 29.1 Å². The number of carbonyl (C=O) groups excluding carboxylic acids is 2. The van der Waals surface area contributed by atoms with Crippen molar-refractivity contribution in [2.24, 2.45) is 46.8 Å². The van der Waals surface area contributed by atoms with Gasteiger partial charge in [0.15, 0.2) is 0 Å². The highest BCUT2D eigenvalue weighted by atomic mass is 16.6. The first kappa shape index (κ1) is 16.0. The Morgan fingerprint density at radius 3 is 2.45 bits per heavy atom. The van der Waals surface area contributed by atoms with Crippen molar-refractivity contribution >= 4 is 11.9 Å². The summed E-state index contributed by atoms with van der Waals surface area (Å²) in [4.78, 5) is 24.1. The van der Waals surface area contributed by atoms with Gasteiger partial charge in [-0.3, -0.25) is 9.59 Å². The van der Waals surface area contributed by atoms with Gasteiger partial charge in [-0.25, -0.2) is 0 Å². The van der Waals surface area contributed by atoms with Crippen molar-refractivity contribution < 1.29 is 19.4 Å². The van der Waals surface area contributed by atoms with Gasteiger partial charge in [-0.15, -0.1) is 0 Å². The second-order valence-electron chi connectivity index (χ2n) is 8.59. The van der Waals surface area contributed by atoms with Crippen LogP contribution in [0.2, 0.25) is 0 Å². The number of ether oxygens (including phenoxy) is 1. The molecule has 1 heterocycles. The molecule has 0 radical (unpaired) electrons. The molecular weight excluding hydrogens is 280 g/mol. The highest BCUT2D eigenvalue weighted by Gasteiger charge is 2.63. The molecule has 124 valence electrons. The summed E-state index contributed by atoms with van der Waals surface area (Å²) in [7, 11) is 0. The lowest BCUT2D eigenvalue weighted by atomic mass is 9.52. The molecule has 2 saturated carbocycles. The Morgan fingerprint density at radius 2 is 1.91 bits per heavy atom. The molecule has 3 rings (SSSR count). The second kappa shape index (κ2) is 5.33. The summed E-state index contributed by atoms with van der Waals surface area (Å²) in [6.07, 6.45) is 3.05. The van der Waals surface area contributed by atoms with Gasteiger partial charge < -0.3 is 9.84 Å². The minimum atomic E-state index is -0.324. The largest absolute Gasteiger partial charge is 0.396 e. The monoisotopic (exact) mass is 308 g/mol. The Hall–Kier alpha value is -0.900. The Balaban J connectivity index is 1.73. The van der Waals surface area contributed by atoms with Gasteiger partial charge >= 0.3 is 11.9 Å². The van der Waals surface area contributed by atoms with Gasteiger partial charge in [0.1, 0.15) is 0 Å². The third kappa shape index (κ3) is 2.40. The number of aliphatic hydroxyl groups is 1. The van der Waals surface area contributed by atoms with E-state index in [1.165, 1.54) is 0 Å². The second-order valence-corrected chi connectivity index (χ2v) is 8.59. The van der Waals surface area contributed by atoms with E-state index < -0.39 is 0 Å². The summed E-state index contributed by atoms with van der Waals surface area (Å²) >= 11 is 0. The van der Waals surface area contributed by atoms with Crippen LogP contribution in [0.5, 0.6) is 0 Å². The number of carbonyl (C=O) groups is 2. The molecular formula is C18H28O4. The highest BCUT2D eigenvalue weighted by molar-refractivity contribution is 5.97. The summed E-state index contributed by atoms with van der Waals surface area (Å²) in [5.41, 5.74) is 0.291. The van der Waals surface area contributed by atoms with E-state index >= 15 is 0 Å². The predicted molar refractivity (Wildman–Crippen MR) is 81.6 cm³/mol. The molecule has 0 aromatic rings. The first-order valence-corrected chi connectivity index (χ1v) is 8.64. The van der Waals surface area contributed by atoms with Gasteiger partial charge in [0, 0.05) is 6.61 Å². The van der Waals surface area contributed by atoms with Gasteiger partial charge in [-0.2, -0.15) is 0 Å². The fourth-order valence-corrected chi connectivity index (χ4v) is 5.51. The van der Waals surface area contributed by atoms with E-state index in [0.717, 1.165) is 19.3 Å². The Bertz CT molecular complexity index is 481. The van der Waals surface area contributed by atoms with E-state index in [1.807, 2.05) is 13.8 Å². The molecule has 1 saturated heterocycles. The smallest absolute Gasteiger partial charge is 0.317 e. The zero-order valence-electron chi connectivity index (χ0n) is 14.0. The van der Waals surface area contributed by atoms with Crippen LogP contribution in [-0.2, 0) is 14.3 Å². The minimum Gasteiger partial charge on any atom is -0.396 e. The maximum Gasteiger partial charge on any atom is 0.317 e. The lowest BCUT2D eigenvalue weighted by Crippen LogP contribution is -2.46. The summed E-state index contributed by atoms with van der Waals surface area (Å²) in [5, 5.41) is 9.24. The SMILES string of the molecule is CC(C)C1C(=O)OC(=O)[C@@H]1C1CC1C1C(CCO)CC1(C)C. The van der Waals surface area contributed by atoms with Crippen molar-refractivity contribution in [2.45, 2.75) is 47.0 Å². The van der Waals surface area contributed by atoms with Crippen molar-refractivity contribution in [3.8, 4) is 0 Å². The van der Waals surface area contributed by atoms with Crippen molar-refractivity contribution in [2.75, 3.05) is 6.61 Å². The van der Waals surface area contributed by atoms with Crippen LogP contribution in [0.4, 0.5) is 0 Å². The van der Waals surface area contributed by atoms with E-state index in [9.17, 15) is 14.7 Å². The Kier molecular flexibility index (Phi) is 3.87. The van der Waals surface area contributed by atoms with Crippen LogP contribution < -0.4 is 0 Å². The lowest BCUT2D eigenvalue weighted by Gasteiger charge is -2.53. The van der Waals surface area contributed by atoms with Crippen LogP contribution in [0.25, 0.3) is 0 Å². The van der Waals surface area contributed by atoms with E-state index in [-0.39, 0.29) is 36.3 Å². The molecule has 4 nitrogen and oxygen atoms in total. The maximum atomic E-state index is 12.1. The van der Waals surface area contributed by atoms with Crippen LogP contribution >= 0.6 is 0 Å². The Morgan fingerprint density at radius 1 is 1.23 bits per heavy atom. The zero-order chi connectivity index (χ0) is 16.2. The fraction of sp³-hybridized carbons (Fsp3) is 0.889. The standard InChI is InChI=1S/C18H28O4/c1-9(2)13-14(17(21)22-16(13)20)11-7-12(11)15-10(5-6-19)8-18(15,3)4/h9-15,19H,5-8H2,1-4H3/t10?,11?,12?,13?,14-,15?/m1/s1. The van der Waals surface area contributed by atoms with Gasteiger partial charge in [0.25, 0.3) is 0 Å². The van der Waals surface area contributed by atoms with Crippen molar-refractivity contribution in [3.63, 3.8) is 0 Å². The number of hydrogen-bond acceptors (Lipinski definition) is 4. The van der Waals surface area contributed by atoms with Crippen LogP contribution in [0.3, 0.4) is 0 Å².